The molecule has 106 valence electrons. The molecule has 0 amide bonds. The fourth-order valence-corrected chi connectivity index (χ4v) is 1.70. The van der Waals surface area contributed by atoms with Crippen molar-refractivity contribution in [2.75, 3.05) is 24.6 Å². The third kappa shape index (κ3) is 4.90. The van der Waals surface area contributed by atoms with Crippen molar-refractivity contribution in [2.24, 2.45) is 0 Å². The Morgan fingerprint density at radius 1 is 1.26 bits per heavy atom. The normalized spacial score (nSPS) is 11.4. The monoisotopic (exact) mass is 275 g/mol. The minimum atomic E-state index is -4.34. The number of ketones is 1. The lowest BCUT2D eigenvalue weighted by atomic mass is 10.1. The van der Waals surface area contributed by atoms with E-state index in [-0.39, 0.29) is 18.9 Å². The molecule has 6 heteroatoms. The quantitative estimate of drug-likeness (QED) is 0.811. The summed E-state index contributed by atoms with van der Waals surface area (Å²) in [6.07, 6.45) is -3.99. The van der Waals surface area contributed by atoms with E-state index >= 15 is 0 Å². The fraction of sp³-hybridized carbons (Fsp3) is 0.462. The Morgan fingerprint density at radius 2 is 1.84 bits per heavy atom. The molecule has 0 saturated carbocycles. The number of benzene rings is 1. The summed E-state index contributed by atoms with van der Waals surface area (Å²) in [5, 5.41) is 8.81. The van der Waals surface area contributed by atoms with Gasteiger partial charge < -0.3 is 10.0 Å². The van der Waals surface area contributed by atoms with Crippen LogP contribution in [0.15, 0.2) is 24.3 Å². The Morgan fingerprint density at radius 3 is 2.26 bits per heavy atom. The summed E-state index contributed by atoms with van der Waals surface area (Å²) >= 11 is 0. The van der Waals surface area contributed by atoms with Crippen molar-refractivity contribution in [1.29, 1.82) is 0 Å². The van der Waals surface area contributed by atoms with Gasteiger partial charge in [-0.05, 0) is 24.3 Å². The van der Waals surface area contributed by atoms with Crippen LogP contribution >= 0.6 is 0 Å². The molecule has 0 saturated heterocycles. The number of anilines is 1. The molecule has 0 fully saturated rings. The lowest BCUT2D eigenvalue weighted by molar-refractivity contribution is -0.119. The lowest BCUT2D eigenvalue weighted by Crippen LogP contribution is -2.36. The van der Waals surface area contributed by atoms with Crippen LogP contribution in [0.3, 0.4) is 0 Å². The first kappa shape index (κ1) is 15.5. The SMILES string of the molecule is CCC(=O)c1ccc(N(CCO)CC(F)(F)F)cc1. The molecule has 0 aliphatic carbocycles. The van der Waals surface area contributed by atoms with E-state index in [0.29, 0.717) is 17.7 Å². The number of hydrogen-bond donors (Lipinski definition) is 1. The van der Waals surface area contributed by atoms with Crippen molar-refractivity contribution < 1.29 is 23.1 Å². The standard InChI is InChI=1S/C13H16F3NO2/c1-2-12(19)10-3-5-11(6-4-10)17(7-8-18)9-13(14,15)16/h3-6,18H,2,7-9H2,1H3. The Kier molecular flexibility index (Phi) is 5.35. The number of aliphatic hydroxyl groups excluding tert-OH is 1. The van der Waals surface area contributed by atoms with Crippen molar-refractivity contribution in [2.45, 2.75) is 19.5 Å². The van der Waals surface area contributed by atoms with Gasteiger partial charge in [0.05, 0.1) is 6.61 Å². The van der Waals surface area contributed by atoms with Gasteiger partial charge in [-0.15, -0.1) is 0 Å². The van der Waals surface area contributed by atoms with Crippen LogP contribution < -0.4 is 4.90 Å². The summed E-state index contributed by atoms with van der Waals surface area (Å²) in [5.74, 6) is -0.0592. The zero-order valence-electron chi connectivity index (χ0n) is 10.6. The largest absolute Gasteiger partial charge is 0.405 e. The van der Waals surface area contributed by atoms with Crippen LogP contribution in [-0.4, -0.2) is 36.8 Å². The van der Waals surface area contributed by atoms with E-state index in [0.717, 1.165) is 4.90 Å². The second-order valence-electron chi connectivity index (χ2n) is 4.08. The third-order valence-electron chi connectivity index (χ3n) is 2.62. The maximum Gasteiger partial charge on any atom is 0.405 e. The second kappa shape index (κ2) is 6.56. The van der Waals surface area contributed by atoms with E-state index in [9.17, 15) is 18.0 Å². The van der Waals surface area contributed by atoms with Gasteiger partial charge in [-0.1, -0.05) is 6.92 Å². The fourth-order valence-electron chi connectivity index (χ4n) is 1.70. The summed E-state index contributed by atoms with van der Waals surface area (Å²) < 4.78 is 37.2. The van der Waals surface area contributed by atoms with Gasteiger partial charge in [0.1, 0.15) is 6.54 Å². The van der Waals surface area contributed by atoms with Crippen LogP contribution in [0.5, 0.6) is 0 Å². The smallest absolute Gasteiger partial charge is 0.395 e. The van der Waals surface area contributed by atoms with Crippen LogP contribution in [0, 0.1) is 0 Å². The first-order valence-corrected chi connectivity index (χ1v) is 5.93. The van der Waals surface area contributed by atoms with Crippen molar-refractivity contribution in [3.05, 3.63) is 29.8 Å². The van der Waals surface area contributed by atoms with Crippen LogP contribution in [-0.2, 0) is 0 Å². The van der Waals surface area contributed by atoms with Gasteiger partial charge in [-0.2, -0.15) is 13.2 Å². The number of carbonyl (C=O) groups is 1. The molecule has 0 aliphatic heterocycles. The van der Waals surface area contributed by atoms with Crippen molar-refractivity contribution in [3.63, 3.8) is 0 Å². The zero-order chi connectivity index (χ0) is 14.5. The Balaban J connectivity index is 2.88. The topological polar surface area (TPSA) is 40.5 Å². The van der Waals surface area contributed by atoms with Gasteiger partial charge in [0.25, 0.3) is 0 Å². The highest BCUT2D eigenvalue weighted by Crippen LogP contribution is 2.22. The van der Waals surface area contributed by atoms with Gasteiger partial charge in [0.15, 0.2) is 5.78 Å². The highest BCUT2D eigenvalue weighted by molar-refractivity contribution is 5.96. The number of carbonyl (C=O) groups excluding carboxylic acids is 1. The molecule has 1 rings (SSSR count). The van der Waals surface area contributed by atoms with Crippen LogP contribution in [0.4, 0.5) is 18.9 Å². The van der Waals surface area contributed by atoms with E-state index in [1.807, 2.05) is 0 Å². The maximum atomic E-state index is 12.4. The highest BCUT2D eigenvalue weighted by Gasteiger charge is 2.30. The average Bonchev–Trinajstić information content (AvgIpc) is 2.36. The van der Waals surface area contributed by atoms with Crippen LogP contribution in [0.2, 0.25) is 0 Å². The number of halogens is 3. The number of nitrogens with zero attached hydrogens (tertiary/aromatic N) is 1. The molecule has 0 heterocycles. The minimum Gasteiger partial charge on any atom is -0.395 e. The summed E-state index contributed by atoms with van der Waals surface area (Å²) in [5.41, 5.74) is 0.807. The van der Waals surface area contributed by atoms with Gasteiger partial charge >= 0.3 is 6.18 Å². The molecule has 0 spiro atoms. The van der Waals surface area contributed by atoms with Crippen LogP contribution in [0.1, 0.15) is 23.7 Å². The van der Waals surface area contributed by atoms with Gasteiger partial charge in [0.2, 0.25) is 0 Å². The molecule has 1 aromatic carbocycles. The molecule has 0 bridgehead atoms. The molecule has 3 nitrogen and oxygen atoms in total. The predicted octanol–water partition coefficient (Wildman–Crippen LogP) is 2.64. The average molecular weight is 275 g/mol. The number of hydrogen-bond acceptors (Lipinski definition) is 3. The van der Waals surface area contributed by atoms with E-state index in [4.69, 9.17) is 5.11 Å². The summed E-state index contributed by atoms with van der Waals surface area (Å²) in [6.45, 7) is 0.110. The first-order chi connectivity index (χ1) is 8.87. The number of rotatable bonds is 6. The Bertz CT molecular complexity index is 415. The molecule has 0 atom stereocenters. The molecule has 1 aromatic rings. The molecule has 0 aromatic heterocycles. The maximum absolute atomic E-state index is 12.4. The summed E-state index contributed by atoms with van der Waals surface area (Å²) in [7, 11) is 0. The van der Waals surface area contributed by atoms with Gasteiger partial charge in [0, 0.05) is 24.2 Å². The molecule has 0 aliphatic rings. The molecular weight excluding hydrogens is 259 g/mol. The Labute approximate surface area is 109 Å². The second-order valence-corrected chi connectivity index (χ2v) is 4.08. The Hall–Kier alpha value is -1.56. The van der Waals surface area contributed by atoms with E-state index in [1.54, 1.807) is 6.92 Å². The van der Waals surface area contributed by atoms with Crippen molar-refractivity contribution in [3.8, 4) is 0 Å². The predicted molar refractivity (Wildman–Crippen MR) is 66.4 cm³/mol. The van der Waals surface area contributed by atoms with E-state index in [2.05, 4.69) is 0 Å². The zero-order valence-corrected chi connectivity index (χ0v) is 10.6. The van der Waals surface area contributed by atoms with Crippen molar-refractivity contribution in [1.82, 2.24) is 0 Å². The van der Waals surface area contributed by atoms with Crippen LogP contribution in [0.25, 0.3) is 0 Å². The first-order valence-electron chi connectivity index (χ1n) is 5.93. The third-order valence-corrected chi connectivity index (χ3v) is 2.62. The summed E-state index contributed by atoms with van der Waals surface area (Å²) in [6, 6.07) is 5.93. The van der Waals surface area contributed by atoms with Crippen molar-refractivity contribution >= 4 is 11.5 Å². The van der Waals surface area contributed by atoms with E-state index in [1.165, 1.54) is 24.3 Å². The molecule has 0 radical (unpaired) electrons. The van der Waals surface area contributed by atoms with Gasteiger partial charge in [-0.25, -0.2) is 0 Å². The van der Waals surface area contributed by atoms with E-state index < -0.39 is 12.7 Å². The lowest BCUT2D eigenvalue weighted by Gasteiger charge is -2.25. The molecule has 0 unspecified atom stereocenters. The number of alkyl halides is 3. The van der Waals surface area contributed by atoms with Gasteiger partial charge in [-0.3, -0.25) is 4.79 Å². The molecular formula is C13H16F3NO2. The summed E-state index contributed by atoms with van der Waals surface area (Å²) in [4.78, 5) is 12.4. The minimum absolute atomic E-state index is 0.0592. The highest BCUT2D eigenvalue weighted by atomic mass is 19.4. The molecule has 1 N–H and O–H groups in total. The molecule has 19 heavy (non-hydrogen) atoms. The number of aliphatic hydroxyl groups is 1. The number of Topliss-reactive ketones (excluding diaryl/α,β-unsaturated/α-hetero) is 1.